The summed E-state index contributed by atoms with van der Waals surface area (Å²) in [4.78, 5) is 13.9. The second-order valence-electron chi connectivity index (χ2n) is 4.49. The van der Waals surface area contributed by atoms with Crippen molar-refractivity contribution in [2.24, 2.45) is 7.05 Å². The Kier molecular flexibility index (Phi) is 3.55. The first kappa shape index (κ1) is 13.1. The van der Waals surface area contributed by atoms with E-state index in [9.17, 15) is 9.90 Å². The van der Waals surface area contributed by atoms with Crippen molar-refractivity contribution in [3.8, 4) is 5.75 Å². The van der Waals surface area contributed by atoms with E-state index in [0.29, 0.717) is 5.69 Å². The SMILES string of the molecule is CC(c1ccccc1O)N(C)C(=O)c1ccnn1C. The number of aromatic hydroxyl groups is 1. The Morgan fingerprint density at radius 2 is 2.05 bits per heavy atom. The van der Waals surface area contributed by atoms with Gasteiger partial charge in [0, 0.05) is 25.9 Å². The Bertz CT molecular complexity index is 592. The molecular weight excluding hydrogens is 242 g/mol. The number of phenols is 1. The number of carbonyl (C=O) groups is 1. The third kappa shape index (κ3) is 2.45. The molecule has 1 atom stereocenters. The van der Waals surface area contributed by atoms with E-state index < -0.39 is 0 Å². The number of phenolic OH excluding ortho intramolecular Hbond substituents is 1. The Morgan fingerprint density at radius 3 is 2.63 bits per heavy atom. The highest BCUT2D eigenvalue weighted by molar-refractivity contribution is 5.92. The molecule has 1 aromatic heterocycles. The molecule has 2 rings (SSSR count). The van der Waals surface area contributed by atoms with Crippen LogP contribution in [0, 0.1) is 0 Å². The average Bonchev–Trinajstić information content (AvgIpc) is 2.83. The number of hydrogen-bond donors (Lipinski definition) is 1. The molecule has 1 heterocycles. The van der Waals surface area contributed by atoms with Gasteiger partial charge in [-0.15, -0.1) is 0 Å². The molecule has 19 heavy (non-hydrogen) atoms. The number of hydrogen-bond acceptors (Lipinski definition) is 3. The fourth-order valence-electron chi connectivity index (χ4n) is 1.99. The first-order valence-electron chi connectivity index (χ1n) is 6.05. The van der Waals surface area contributed by atoms with Crippen molar-refractivity contribution < 1.29 is 9.90 Å². The van der Waals surface area contributed by atoms with Gasteiger partial charge in [-0.1, -0.05) is 18.2 Å². The number of aryl methyl sites for hydroxylation is 1. The van der Waals surface area contributed by atoms with Gasteiger partial charge in [-0.05, 0) is 19.1 Å². The van der Waals surface area contributed by atoms with Crippen LogP contribution in [0.15, 0.2) is 36.5 Å². The summed E-state index contributed by atoms with van der Waals surface area (Å²) in [5.41, 5.74) is 1.24. The monoisotopic (exact) mass is 259 g/mol. The third-order valence-electron chi connectivity index (χ3n) is 3.33. The van der Waals surface area contributed by atoms with Crippen LogP contribution in [0.25, 0.3) is 0 Å². The minimum absolute atomic E-state index is 0.129. The van der Waals surface area contributed by atoms with E-state index in [0.717, 1.165) is 5.56 Å². The Hall–Kier alpha value is -2.30. The fourth-order valence-corrected chi connectivity index (χ4v) is 1.99. The molecule has 100 valence electrons. The molecule has 5 nitrogen and oxygen atoms in total. The summed E-state index contributed by atoms with van der Waals surface area (Å²) in [6.07, 6.45) is 1.59. The van der Waals surface area contributed by atoms with E-state index in [1.807, 2.05) is 19.1 Å². The van der Waals surface area contributed by atoms with Crippen molar-refractivity contribution in [1.29, 1.82) is 0 Å². The van der Waals surface area contributed by atoms with Gasteiger partial charge < -0.3 is 10.0 Å². The molecule has 1 N–H and O–H groups in total. The molecule has 0 aliphatic carbocycles. The molecule has 0 saturated carbocycles. The standard InChI is InChI=1S/C14H17N3O2/c1-10(11-6-4-5-7-13(11)18)16(2)14(19)12-8-9-15-17(12)3/h4-10,18H,1-3H3. The average molecular weight is 259 g/mol. The summed E-state index contributed by atoms with van der Waals surface area (Å²) >= 11 is 0. The van der Waals surface area contributed by atoms with Crippen LogP contribution in [-0.2, 0) is 7.05 Å². The maximum Gasteiger partial charge on any atom is 0.272 e. The molecular formula is C14H17N3O2. The third-order valence-corrected chi connectivity index (χ3v) is 3.33. The molecule has 0 radical (unpaired) electrons. The molecule has 0 bridgehead atoms. The van der Waals surface area contributed by atoms with Crippen molar-refractivity contribution in [2.75, 3.05) is 7.05 Å². The lowest BCUT2D eigenvalue weighted by Crippen LogP contribution is -2.31. The Labute approximate surface area is 112 Å². The normalized spacial score (nSPS) is 12.2. The summed E-state index contributed by atoms with van der Waals surface area (Å²) < 4.78 is 1.54. The van der Waals surface area contributed by atoms with E-state index in [1.165, 1.54) is 4.68 Å². The highest BCUT2D eigenvalue weighted by atomic mass is 16.3. The van der Waals surface area contributed by atoms with Gasteiger partial charge >= 0.3 is 0 Å². The van der Waals surface area contributed by atoms with Crippen LogP contribution in [0.1, 0.15) is 29.0 Å². The lowest BCUT2D eigenvalue weighted by atomic mass is 10.1. The molecule has 0 aliphatic rings. The molecule has 0 fully saturated rings. The van der Waals surface area contributed by atoms with Crippen molar-refractivity contribution in [3.63, 3.8) is 0 Å². The Balaban J connectivity index is 2.25. The lowest BCUT2D eigenvalue weighted by Gasteiger charge is -2.25. The highest BCUT2D eigenvalue weighted by Crippen LogP contribution is 2.27. The van der Waals surface area contributed by atoms with Gasteiger partial charge in [0.05, 0.1) is 6.04 Å². The second kappa shape index (κ2) is 5.14. The largest absolute Gasteiger partial charge is 0.508 e. The number of benzene rings is 1. The smallest absolute Gasteiger partial charge is 0.272 e. The van der Waals surface area contributed by atoms with Crippen LogP contribution in [0.5, 0.6) is 5.75 Å². The fraction of sp³-hybridized carbons (Fsp3) is 0.286. The predicted molar refractivity (Wildman–Crippen MR) is 71.8 cm³/mol. The zero-order valence-electron chi connectivity index (χ0n) is 11.2. The predicted octanol–water partition coefficient (Wildman–Crippen LogP) is 1.96. The summed E-state index contributed by atoms with van der Waals surface area (Å²) in [7, 11) is 3.44. The van der Waals surface area contributed by atoms with Gasteiger partial charge in [-0.2, -0.15) is 5.10 Å². The number of carbonyl (C=O) groups excluding carboxylic acids is 1. The van der Waals surface area contributed by atoms with E-state index in [4.69, 9.17) is 0 Å². The number of amides is 1. The van der Waals surface area contributed by atoms with Crippen LogP contribution in [0.3, 0.4) is 0 Å². The van der Waals surface area contributed by atoms with Crippen LogP contribution in [0.2, 0.25) is 0 Å². The molecule has 1 aromatic carbocycles. The van der Waals surface area contributed by atoms with Crippen LogP contribution in [0.4, 0.5) is 0 Å². The van der Waals surface area contributed by atoms with Crippen molar-refractivity contribution in [2.45, 2.75) is 13.0 Å². The molecule has 0 spiro atoms. The minimum atomic E-state index is -0.219. The Morgan fingerprint density at radius 1 is 1.37 bits per heavy atom. The number of nitrogens with zero attached hydrogens (tertiary/aromatic N) is 3. The van der Waals surface area contributed by atoms with E-state index in [2.05, 4.69) is 5.10 Å². The van der Waals surface area contributed by atoms with Crippen molar-refractivity contribution in [1.82, 2.24) is 14.7 Å². The number of para-hydroxylation sites is 1. The molecule has 0 aliphatic heterocycles. The first-order chi connectivity index (χ1) is 9.02. The second-order valence-corrected chi connectivity index (χ2v) is 4.49. The van der Waals surface area contributed by atoms with Crippen molar-refractivity contribution >= 4 is 5.91 Å². The van der Waals surface area contributed by atoms with E-state index in [1.54, 1.807) is 43.4 Å². The zero-order valence-corrected chi connectivity index (χ0v) is 11.2. The lowest BCUT2D eigenvalue weighted by molar-refractivity contribution is 0.0730. The van der Waals surface area contributed by atoms with Gasteiger partial charge in [0.2, 0.25) is 0 Å². The summed E-state index contributed by atoms with van der Waals surface area (Å²) in [6, 6.07) is 8.49. The van der Waals surface area contributed by atoms with Crippen LogP contribution < -0.4 is 0 Å². The number of rotatable bonds is 3. The number of aromatic nitrogens is 2. The molecule has 2 aromatic rings. The van der Waals surface area contributed by atoms with Crippen LogP contribution in [-0.4, -0.2) is 32.7 Å². The molecule has 5 heteroatoms. The van der Waals surface area contributed by atoms with Gasteiger partial charge in [0.1, 0.15) is 11.4 Å². The molecule has 0 saturated heterocycles. The zero-order chi connectivity index (χ0) is 14.0. The first-order valence-corrected chi connectivity index (χ1v) is 6.05. The topological polar surface area (TPSA) is 58.4 Å². The molecule has 1 unspecified atom stereocenters. The van der Waals surface area contributed by atoms with Crippen LogP contribution >= 0.6 is 0 Å². The van der Waals surface area contributed by atoms with Crippen molar-refractivity contribution in [3.05, 3.63) is 47.8 Å². The van der Waals surface area contributed by atoms with Gasteiger partial charge in [-0.25, -0.2) is 0 Å². The minimum Gasteiger partial charge on any atom is -0.508 e. The summed E-state index contributed by atoms with van der Waals surface area (Å²) in [5.74, 6) is 0.0652. The van der Waals surface area contributed by atoms with Gasteiger partial charge in [0.15, 0.2) is 0 Å². The highest BCUT2D eigenvalue weighted by Gasteiger charge is 2.22. The molecule has 1 amide bonds. The maximum absolute atomic E-state index is 12.3. The quantitative estimate of drug-likeness (QED) is 0.916. The maximum atomic E-state index is 12.3. The van der Waals surface area contributed by atoms with E-state index in [-0.39, 0.29) is 17.7 Å². The van der Waals surface area contributed by atoms with Gasteiger partial charge in [-0.3, -0.25) is 9.48 Å². The van der Waals surface area contributed by atoms with Gasteiger partial charge in [0.25, 0.3) is 5.91 Å². The van der Waals surface area contributed by atoms with E-state index >= 15 is 0 Å². The summed E-state index contributed by atoms with van der Waals surface area (Å²) in [6.45, 7) is 1.88. The summed E-state index contributed by atoms with van der Waals surface area (Å²) in [5, 5.41) is 13.8.